The zero-order valence-corrected chi connectivity index (χ0v) is 19.3. The van der Waals surface area contributed by atoms with Gasteiger partial charge in [0.05, 0.1) is 19.9 Å². The minimum atomic E-state index is -0.343. The largest absolute Gasteiger partial charge is 0.497 e. The number of imidazole rings is 1. The number of nitrogens with one attached hydrogen (secondary N) is 2. The van der Waals surface area contributed by atoms with Crippen molar-refractivity contribution in [2.45, 2.75) is 13.8 Å². The Morgan fingerprint density at radius 3 is 2.12 bits per heavy atom. The van der Waals surface area contributed by atoms with E-state index in [0.29, 0.717) is 24.7 Å². The van der Waals surface area contributed by atoms with Crippen LogP contribution in [0.15, 0.2) is 54.7 Å². The SMILES string of the molecule is CCNC(=O)N(CC)CC(=O)Nc1nc(-c2ccc(OC)cc2)cn1-c1ccc(OC)cc1. The quantitative estimate of drug-likeness (QED) is 0.519. The smallest absolute Gasteiger partial charge is 0.317 e. The van der Waals surface area contributed by atoms with E-state index in [-0.39, 0.29) is 18.5 Å². The van der Waals surface area contributed by atoms with E-state index in [1.165, 1.54) is 4.90 Å². The number of methoxy groups -OCH3 is 2. The third-order valence-electron chi connectivity index (χ3n) is 5.02. The fourth-order valence-electron chi connectivity index (χ4n) is 3.24. The van der Waals surface area contributed by atoms with Crippen molar-refractivity contribution in [3.8, 4) is 28.4 Å². The highest BCUT2D eigenvalue weighted by molar-refractivity contribution is 5.93. The van der Waals surface area contributed by atoms with Crippen LogP contribution in [-0.4, -0.2) is 60.2 Å². The van der Waals surface area contributed by atoms with Gasteiger partial charge in [0.15, 0.2) is 0 Å². The number of urea groups is 1. The Hall–Kier alpha value is -4.01. The fraction of sp³-hybridized carbons (Fsp3) is 0.292. The van der Waals surface area contributed by atoms with Gasteiger partial charge < -0.3 is 19.7 Å². The molecule has 0 unspecified atom stereocenters. The molecule has 0 bridgehead atoms. The van der Waals surface area contributed by atoms with Crippen LogP contribution in [0.2, 0.25) is 0 Å². The normalized spacial score (nSPS) is 10.4. The van der Waals surface area contributed by atoms with E-state index < -0.39 is 0 Å². The summed E-state index contributed by atoms with van der Waals surface area (Å²) in [6.07, 6.45) is 1.85. The molecule has 3 rings (SSSR count). The molecule has 2 aromatic carbocycles. The van der Waals surface area contributed by atoms with Gasteiger partial charge in [0.1, 0.15) is 18.0 Å². The van der Waals surface area contributed by atoms with Crippen LogP contribution in [0.5, 0.6) is 11.5 Å². The van der Waals surface area contributed by atoms with E-state index in [0.717, 1.165) is 22.7 Å². The predicted molar refractivity (Wildman–Crippen MR) is 127 cm³/mol. The van der Waals surface area contributed by atoms with Gasteiger partial charge in [-0.05, 0) is 62.4 Å². The number of amides is 3. The molecular formula is C24H29N5O4. The van der Waals surface area contributed by atoms with Gasteiger partial charge in [-0.15, -0.1) is 0 Å². The van der Waals surface area contributed by atoms with E-state index in [1.807, 2.05) is 68.6 Å². The second-order valence-corrected chi connectivity index (χ2v) is 7.14. The molecule has 0 aliphatic carbocycles. The molecule has 3 aromatic rings. The minimum Gasteiger partial charge on any atom is -0.497 e. The van der Waals surface area contributed by atoms with Crippen molar-refractivity contribution in [3.63, 3.8) is 0 Å². The molecule has 9 heteroatoms. The van der Waals surface area contributed by atoms with Crippen LogP contribution >= 0.6 is 0 Å². The first-order valence-electron chi connectivity index (χ1n) is 10.7. The van der Waals surface area contributed by atoms with Gasteiger partial charge in [-0.2, -0.15) is 0 Å². The molecule has 0 fully saturated rings. The molecule has 0 aliphatic rings. The number of hydrogen-bond acceptors (Lipinski definition) is 5. The van der Waals surface area contributed by atoms with Crippen LogP contribution < -0.4 is 20.1 Å². The molecule has 174 valence electrons. The van der Waals surface area contributed by atoms with Gasteiger partial charge in [-0.1, -0.05) is 0 Å². The van der Waals surface area contributed by atoms with E-state index in [1.54, 1.807) is 18.8 Å². The second-order valence-electron chi connectivity index (χ2n) is 7.14. The molecule has 0 saturated heterocycles. The molecule has 1 aromatic heterocycles. The maximum atomic E-state index is 12.8. The third kappa shape index (κ3) is 5.82. The van der Waals surface area contributed by atoms with Crippen molar-refractivity contribution in [2.75, 3.05) is 39.2 Å². The van der Waals surface area contributed by atoms with Crippen LogP contribution in [0, 0.1) is 0 Å². The lowest BCUT2D eigenvalue weighted by Crippen LogP contribution is -2.43. The van der Waals surface area contributed by atoms with E-state index >= 15 is 0 Å². The Morgan fingerprint density at radius 2 is 1.58 bits per heavy atom. The Balaban J connectivity index is 1.91. The molecule has 9 nitrogen and oxygen atoms in total. The van der Waals surface area contributed by atoms with Crippen LogP contribution in [-0.2, 0) is 4.79 Å². The summed E-state index contributed by atoms with van der Waals surface area (Å²) in [5, 5.41) is 5.56. The van der Waals surface area contributed by atoms with Crippen molar-refractivity contribution in [2.24, 2.45) is 0 Å². The summed E-state index contributed by atoms with van der Waals surface area (Å²) >= 11 is 0. The Morgan fingerprint density at radius 1 is 0.970 bits per heavy atom. The first-order valence-corrected chi connectivity index (χ1v) is 10.7. The van der Waals surface area contributed by atoms with Crippen molar-refractivity contribution in [1.29, 1.82) is 0 Å². The van der Waals surface area contributed by atoms with E-state index in [9.17, 15) is 9.59 Å². The fourth-order valence-corrected chi connectivity index (χ4v) is 3.24. The maximum absolute atomic E-state index is 12.8. The molecule has 0 saturated carbocycles. The zero-order valence-electron chi connectivity index (χ0n) is 19.3. The van der Waals surface area contributed by atoms with E-state index in [4.69, 9.17) is 9.47 Å². The molecule has 0 atom stereocenters. The summed E-state index contributed by atoms with van der Waals surface area (Å²) in [5.41, 5.74) is 2.35. The standard InChI is InChI=1S/C24H29N5O4/c1-5-25-24(31)28(6-2)16-22(30)27-23-26-21(17-7-11-19(32-3)12-8-17)15-29(23)18-9-13-20(33-4)14-10-18/h7-15H,5-6,16H2,1-4H3,(H,25,31)(H,26,27,30). The first-order chi connectivity index (χ1) is 16.0. The number of carbonyl (C=O) groups is 2. The Bertz CT molecular complexity index is 1080. The number of anilines is 1. The number of likely N-dealkylation sites (N-methyl/N-ethyl adjacent to an activating group) is 1. The van der Waals surface area contributed by atoms with Crippen LogP contribution in [0.4, 0.5) is 10.7 Å². The number of rotatable bonds is 9. The zero-order chi connectivity index (χ0) is 23.8. The average molecular weight is 452 g/mol. The first kappa shape index (κ1) is 23.6. The lowest BCUT2D eigenvalue weighted by molar-refractivity contribution is -0.116. The third-order valence-corrected chi connectivity index (χ3v) is 5.02. The number of nitrogens with zero attached hydrogens (tertiary/aromatic N) is 3. The van der Waals surface area contributed by atoms with Gasteiger partial charge in [-0.25, -0.2) is 9.78 Å². The van der Waals surface area contributed by atoms with Gasteiger partial charge in [-0.3, -0.25) is 14.7 Å². The Labute approximate surface area is 193 Å². The summed E-state index contributed by atoms with van der Waals surface area (Å²) in [7, 11) is 3.22. The number of hydrogen-bond donors (Lipinski definition) is 2. The van der Waals surface area contributed by atoms with E-state index in [2.05, 4.69) is 15.6 Å². The number of aromatic nitrogens is 2. The van der Waals surface area contributed by atoms with Gasteiger partial charge in [0.25, 0.3) is 0 Å². The monoisotopic (exact) mass is 451 g/mol. The van der Waals surface area contributed by atoms with Crippen molar-refractivity contribution in [3.05, 3.63) is 54.7 Å². The van der Waals surface area contributed by atoms with Gasteiger partial charge >= 0.3 is 6.03 Å². The summed E-state index contributed by atoms with van der Waals surface area (Å²) in [6, 6.07) is 14.6. The lowest BCUT2D eigenvalue weighted by Gasteiger charge is -2.20. The summed E-state index contributed by atoms with van der Waals surface area (Å²) in [6.45, 7) is 4.46. The van der Waals surface area contributed by atoms with Crippen molar-refractivity contribution in [1.82, 2.24) is 19.8 Å². The highest BCUT2D eigenvalue weighted by Gasteiger charge is 2.18. The minimum absolute atomic E-state index is 0.0876. The maximum Gasteiger partial charge on any atom is 0.317 e. The Kier molecular flexibility index (Phi) is 7.91. The van der Waals surface area contributed by atoms with Crippen molar-refractivity contribution >= 4 is 17.9 Å². The number of ether oxygens (including phenoxy) is 2. The molecule has 1 heterocycles. The highest BCUT2D eigenvalue weighted by Crippen LogP contribution is 2.27. The molecule has 33 heavy (non-hydrogen) atoms. The van der Waals surface area contributed by atoms with Crippen LogP contribution in [0.1, 0.15) is 13.8 Å². The number of carbonyl (C=O) groups excluding carboxylic acids is 2. The second kappa shape index (κ2) is 11.0. The summed E-state index contributed by atoms with van der Waals surface area (Å²) in [4.78, 5) is 31.0. The van der Waals surface area contributed by atoms with Crippen molar-refractivity contribution < 1.29 is 19.1 Å². The molecule has 0 radical (unpaired) electrons. The summed E-state index contributed by atoms with van der Waals surface area (Å²) in [5.74, 6) is 1.47. The average Bonchev–Trinajstić information content (AvgIpc) is 3.26. The van der Waals surface area contributed by atoms with Gasteiger partial charge in [0.2, 0.25) is 11.9 Å². The molecule has 0 spiro atoms. The predicted octanol–water partition coefficient (Wildman–Crippen LogP) is 3.55. The topological polar surface area (TPSA) is 97.7 Å². The van der Waals surface area contributed by atoms with Crippen LogP contribution in [0.3, 0.4) is 0 Å². The molecule has 3 amide bonds. The molecule has 2 N–H and O–H groups in total. The molecule has 0 aliphatic heterocycles. The highest BCUT2D eigenvalue weighted by atomic mass is 16.5. The van der Waals surface area contributed by atoms with Crippen LogP contribution in [0.25, 0.3) is 16.9 Å². The lowest BCUT2D eigenvalue weighted by atomic mass is 10.1. The summed E-state index contributed by atoms with van der Waals surface area (Å²) < 4.78 is 12.3. The van der Waals surface area contributed by atoms with Gasteiger partial charge in [0, 0.05) is 30.5 Å². The molecular weight excluding hydrogens is 422 g/mol. The number of benzene rings is 2.